The van der Waals surface area contributed by atoms with E-state index in [1.165, 1.54) is 38.9 Å². The van der Waals surface area contributed by atoms with Gasteiger partial charge in [-0.1, -0.05) is 20.3 Å². The molecule has 2 unspecified atom stereocenters. The molecule has 17 heavy (non-hydrogen) atoms. The summed E-state index contributed by atoms with van der Waals surface area (Å²) in [5, 5.41) is 7.03. The Hall–Kier alpha value is -0.120. The van der Waals surface area contributed by atoms with E-state index in [1.54, 1.807) is 0 Å². The summed E-state index contributed by atoms with van der Waals surface area (Å²) in [4.78, 5) is 2.46. The van der Waals surface area contributed by atoms with Crippen molar-refractivity contribution in [1.82, 2.24) is 15.5 Å². The van der Waals surface area contributed by atoms with E-state index in [1.807, 2.05) is 0 Å². The van der Waals surface area contributed by atoms with Crippen LogP contribution in [0.1, 0.15) is 33.1 Å². The van der Waals surface area contributed by atoms with Crippen LogP contribution in [0.3, 0.4) is 0 Å². The van der Waals surface area contributed by atoms with Crippen LogP contribution in [-0.4, -0.2) is 51.2 Å². The lowest BCUT2D eigenvalue weighted by Gasteiger charge is -2.25. The molecule has 1 saturated heterocycles. The fourth-order valence-electron chi connectivity index (χ4n) is 2.65. The molecule has 3 heteroatoms. The molecule has 2 N–H and O–H groups in total. The molecule has 0 amide bonds. The summed E-state index contributed by atoms with van der Waals surface area (Å²) in [6.45, 7) is 11.7. The van der Waals surface area contributed by atoms with Gasteiger partial charge in [0.2, 0.25) is 0 Å². The first-order chi connectivity index (χ1) is 8.24. The average molecular weight is 241 g/mol. The minimum absolute atomic E-state index is 0.859. The van der Waals surface area contributed by atoms with Crippen molar-refractivity contribution in [2.24, 2.45) is 11.8 Å². The predicted molar refractivity (Wildman–Crippen MR) is 75.4 cm³/mol. The minimum atomic E-state index is 0.859. The lowest BCUT2D eigenvalue weighted by molar-refractivity contribution is 0.253. The van der Waals surface area contributed by atoms with Gasteiger partial charge in [0.25, 0.3) is 0 Å². The number of hydrogen-bond acceptors (Lipinski definition) is 3. The summed E-state index contributed by atoms with van der Waals surface area (Å²) < 4.78 is 0. The summed E-state index contributed by atoms with van der Waals surface area (Å²) >= 11 is 0. The highest BCUT2D eigenvalue weighted by Crippen LogP contribution is 2.22. The minimum Gasteiger partial charge on any atom is -0.315 e. The number of hydrogen-bond donors (Lipinski definition) is 2. The molecule has 2 atom stereocenters. The second-order valence-electron chi connectivity index (χ2n) is 5.53. The van der Waals surface area contributed by atoms with Gasteiger partial charge in [-0.15, -0.1) is 0 Å². The third-order valence-corrected chi connectivity index (χ3v) is 4.14. The van der Waals surface area contributed by atoms with E-state index < -0.39 is 0 Å². The number of nitrogens with zero attached hydrogens (tertiary/aromatic N) is 1. The summed E-state index contributed by atoms with van der Waals surface area (Å²) in [5.41, 5.74) is 0. The maximum absolute atomic E-state index is 3.54. The van der Waals surface area contributed by atoms with Crippen LogP contribution >= 0.6 is 0 Å². The maximum Gasteiger partial charge on any atom is 0.0104 e. The topological polar surface area (TPSA) is 27.3 Å². The standard InChI is InChI=1S/C14H31N3/c1-4-14-5-7-15-8-9-16-10-12-17(3)11-6-13(14)2/h13-16H,4-12H2,1-3H3. The van der Waals surface area contributed by atoms with Crippen LogP contribution < -0.4 is 10.6 Å². The van der Waals surface area contributed by atoms with Crippen molar-refractivity contribution in [2.75, 3.05) is 46.3 Å². The molecule has 1 heterocycles. The van der Waals surface area contributed by atoms with Crippen molar-refractivity contribution < 1.29 is 0 Å². The molecule has 1 aliphatic rings. The molecule has 0 bridgehead atoms. The van der Waals surface area contributed by atoms with Gasteiger partial charge in [0.1, 0.15) is 0 Å². The largest absolute Gasteiger partial charge is 0.315 e. The molecule has 0 aromatic heterocycles. The fraction of sp³-hybridized carbons (Fsp3) is 1.00. The van der Waals surface area contributed by atoms with E-state index in [0.29, 0.717) is 0 Å². The van der Waals surface area contributed by atoms with Crippen molar-refractivity contribution in [3.63, 3.8) is 0 Å². The summed E-state index contributed by atoms with van der Waals surface area (Å²) in [7, 11) is 2.24. The number of rotatable bonds is 1. The molecule has 0 spiro atoms. The van der Waals surface area contributed by atoms with Gasteiger partial charge >= 0.3 is 0 Å². The van der Waals surface area contributed by atoms with Crippen molar-refractivity contribution in [1.29, 1.82) is 0 Å². The molecule has 1 aliphatic heterocycles. The number of likely N-dealkylation sites (N-methyl/N-ethyl adjacent to an activating group) is 1. The molecule has 3 nitrogen and oxygen atoms in total. The molecule has 1 rings (SSSR count). The van der Waals surface area contributed by atoms with Crippen molar-refractivity contribution in [3.05, 3.63) is 0 Å². The first-order valence-electron chi connectivity index (χ1n) is 7.34. The van der Waals surface area contributed by atoms with Gasteiger partial charge in [0, 0.05) is 26.2 Å². The number of nitrogens with one attached hydrogen (secondary N) is 2. The monoisotopic (exact) mass is 241 g/mol. The smallest absolute Gasteiger partial charge is 0.0104 e. The van der Waals surface area contributed by atoms with Gasteiger partial charge in [-0.2, -0.15) is 0 Å². The lowest BCUT2D eigenvalue weighted by atomic mass is 9.86. The van der Waals surface area contributed by atoms with Gasteiger partial charge < -0.3 is 15.5 Å². The second-order valence-corrected chi connectivity index (χ2v) is 5.53. The highest BCUT2D eigenvalue weighted by Gasteiger charge is 2.15. The Morgan fingerprint density at radius 2 is 1.71 bits per heavy atom. The van der Waals surface area contributed by atoms with Crippen LogP contribution in [0.2, 0.25) is 0 Å². The zero-order valence-electron chi connectivity index (χ0n) is 12.0. The highest BCUT2D eigenvalue weighted by atomic mass is 15.1. The SMILES string of the molecule is CCC1CCNCCNCCN(C)CCC1C. The van der Waals surface area contributed by atoms with E-state index >= 15 is 0 Å². The molecule has 1 fully saturated rings. The zero-order valence-corrected chi connectivity index (χ0v) is 12.0. The molecule has 0 aliphatic carbocycles. The predicted octanol–water partition coefficient (Wildman–Crippen LogP) is 1.55. The van der Waals surface area contributed by atoms with E-state index in [-0.39, 0.29) is 0 Å². The highest BCUT2D eigenvalue weighted by molar-refractivity contribution is 4.69. The maximum atomic E-state index is 3.54. The van der Waals surface area contributed by atoms with Crippen LogP contribution in [0.25, 0.3) is 0 Å². The Labute approximate surface area is 107 Å². The lowest BCUT2D eigenvalue weighted by Crippen LogP contribution is -2.33. The Morgan fingerprint density at radius 1 is 1.00 bits per heavy atom. The van der Waals surface area contributed by atoms with E-state index in [4.69, 9.17) is 0 Å². The molecule has 0 radical (unpaired) electrons. The van der Waals surface area contributed by atoms with Crippen LogP contribution in [0, 0.1) is 11.8 Å². The van der Waals surface area contributed by atoms with Crippen LogP contribution in [0.15, 0.2) is 0 Å². The van der Waals surface area contributed by atoms with Gasteiger partial charge in [0.15, 0.2) is 0 Å². The van der Waals surface area contributed by atoms with Gasteiger partial charge in [-0.05, 0) is 44.8 Å². The van der Waals surface area contributed by atoms with Crippen molar-refractivity contribution in [2.45, 2.75) is 33.1 Å². The van der Waals surface area contributed by atoms with Gasteiger partial charge in [-0.25, -0.2) is 0 Å². The molecular weight excluding hydrogens is 210 g/mol. The summed E-state index contributed by atoms with van der Waals surface area (Å²) in [5.74, 6) is 1.75. The second kappa shape index (κ2) is 8.90. The Balaban J connectivity index is 2.40. The van der Waals surface area contributed by atoms with Crippen LogP contribution in [0.5, 0.6) is 0 Å². The zero-order chi connectivity index (χ0) is 12.5. The van der Waals surface area contributed by atoms with E-state index in [9.17, 15) is 0 Å². The van der Waals surface area contributed by atoms with Crippen molar-refractivity contribution >= 4 is 0 Å². The summed E-state index contributed by atoms with van der Waals surface area (Å²) in [6, 6.07) is 0. The average Bonchev–Trinajstić information content (AvgIpc) is 2.34. The Kier molecular flexibility index (Phi) is 7.82. The first kappa shape index (κ1) is 14.9. The fourth-order valence-corrected chi connectivity index (χ4v) is 2.65. The van der Waals surface area contributed by atoms with Gasteiger partial charge in [-0.3, -0.25) is 0 Å². The molecule has 102 valence electrons. The molecule has 0 aromatic rings. The van der Waals surface area contributed by atoms with Gasteiger partial charge in [0.05, 0.1) is 0 Å². The molecular formula is C14H31N3. The third kappa shape index (κ3) is 6.39. The van der Waals surface area contributed by atoms with E-state index in [0.717, 1.165) is 31.5 Å². The van der Waals surface area contributed by atoms with Crippen LogP contribution in [0.4, 0.5) is 0 Å². The normalized spacial score (nSPS) is 31.2. The van der Waals surface area contributed by atoms with E-state index in [2.05, 4.69) is 36.4 Å². The quantitative estimate of drug-likeness (QED) is 0.729. The Morgan fingerprint density at radius 3 is 2.41 bits per heavy atom. The molecule has 0 aromatic carbocycles. The first-order valence-corrected chi connectivity index (χ1v) is 7.34. The van der Waals surface area contributed by atoms with Crippen molar-refractivity contribution in [3.8, 4) is 0 Å². The third-order valence-electron chi connectivity index (χ3n) is 4.14. The Bertz CT molecular complexity index is 184. The van der Waals surface area contributed by atoms with Crippen LogP contribution in [-0.2, 0) is 0 Å². The molecule has 0 saturated carbocycles. The summed E-state index contributed by atoms with van der Waals surface area (Å²) in [6.07, 6.45) is 4.00.